The first-order valence-electron chi connectivity index (χ1n) is 7.68. The van der Waals surface area contributed by atoms with Crippen LogP contribution in [-0.2, 0) is 6.54 Å². The second-order valence-corrected chi connectivity index (χ2v) is 6.27. The molecule has 0 spiro atoms. The number of fused-ring (bicyclic) bond motifs is 2. The van der Waals surface area contributed by atoms with E-state index in [9.17, 15) is 0 Å². The predicted molar refractivity (Wildman–Crippen MR) is 79.8 cm³/mol. The van der Waals surface area contributed by atoms with Gasteiger partial charge in [-0.05, 0) is 44.0 Å². The van der Waals surface area contributed by atoms with E-state index in [-0.39, 0.29) is 0 Å². The molecular formula is C16H22N4. The van der Waals surface area contributed by atoms with Crippen LogP contribution in [0.2, 0.25) is 0 Å². The molecular weight excluding hydrogens is 248 g/mol. The van der Waals surface area contributed by atoms with Gasteiger partial charge in [-0.1, -0.05) is 0 Å². The molecule has 2 aliphatic heterocycles. The second kappa shape index (κ2) is 4.86. The molecule has 2 fully saturated rings. The Labute approximate surface area is 120 Å². The smallest absolute Gasteiger partial charge is 0.137 e. The lowest BCUT2D eigenvalue weighted by Gasteiger charge is -2.37. The van der Waals surface area contributed by atoms with E-state index < -0.39 is 0 Å². The summed E-state index contributed by atoms with van der Waals surface area (Å²) in [4.78, 5) is 9.99. The van der Waals surface area contributed by atoms with Crippen molar-refractivity contribution in [2.45, 2.75) is 32.4 Å². The molecule has 20 heavy (non-hydrogen) atoms. The number of hydrogen-bond donors (Lipinski definition) is 0. The fourth-order valence-electron chi connectivity index (χ4n) is 3.64. The van der Waals surface area contributed by atoms with Crippen molar-refractivity contribution in [1.82, 2.24) is 19.2 Å². The van der Waals surface area contributed by atoms with Gasteiger partial charge < -0.3 is 4.40 Å². The van der Waals surface area contributed by atoms with Gasteiger partial charge in [0.25, 0.3) is 0 Å². The summed E-state index contributed by atoms with van der Waals surface area (Å²) in [5, 5.41) is 0. The first-order chi connectivity index (χ1) is 9.78. The maximum atomic E-state index is 4.76. The molecule has 106 valence electrons. The topological polar surface area (TPSA) is 23.8 Å². The SMILES string of the molecule is Cc1ccn2cc(CN3CCN4CCC[C@@H]4C3)nc2c1. The Hall–Kier alpha value is -1.39. The van der Waals surface area contributed by atoms with Gasteiger partial charge in [-0.25, -0.2) is 4.98 Å². The standard InChI is InChI=1S/C16H22N4/c1-13-4-6-20-11-14(17-16(20)9-13)10-18-7-8-19-5-2-3-15(19)12-18/h4,6,9,11,15H,2-3,5,7-8,10,12H2,1H3/t15-/m1/s1. The molecule has 0 aliphatic carbocycles. The lowest BCUT2D eigenvalue weighted by atomic mass is 10.1. The number of hydrogen-bond acceptors (Lipinski definition) is 3. The third kappa shape index (κ3) is 2.23. The number of rotatable bonds is 2. The molecule has 2 aromatic rings. The second-order valence-electron chi connectivity index (χ2n) is 6.27. The summed E-state index contributed by atoms with van der Waals surface area (Å²) in [7, 11) is 0. The molecule has 4 rings (SSSR count). The normalized spacial score (nSPS) is 24.4. The summed E-state index contributed by atoms with van der Waals surface area (Å²) in [5.74, 6) is 0. The Bertz CT molecular complexity index is 618. The summed E-state index contributed by atoms with van der Waals surface area (Å²) in [5.41, 5.74) is 3.54. The average Bonchev–Trinajstić information content (AvgIpc) is 3.03. The van der Waals surface area contributed by atoms with Crippen molar-refractivity contribution in [2.24, 2.45) is 0 Å². The molecule has 0 N–H and O–H groups in total. The van der Waals surface area contributed by atoms with Gasteiger partial charge in [-0.2, -0.15) is 0 Å². The van der Waals surface area contributed by atoms with E-state index in [0.29, 0.717) is 0 Å². The summed E-state index contributed by atoms with van der Waals surface area (Å²) in [6, 6.07) is 5.08. The molecule has 0 amide bonds. The van der Waals surface area contributed by atoms with Crippen molar-refractivity contribution in [3.05, 3.63) is 35.8 Å². The number of pyridine rings is 1. The van der Waals surface area contributed by atoms with Gasteiger partial charge in [0, 0.05) is 44.6 Å². The van der Waals surface area contributed by atoms with E-state index in [4.69, 9.17) is 4.98 Å². The molecule has 0 unspecified atom stereocenters. The number of piperazine rings is 1. The molecule has 1 atom stereocenters. The van der Waals surface area contributed by atoms with Gasteiger partial charge in [0.05, 0.1) is 5.69 Å². The maximum Gasteiger partial charge on any atom is 0.137 e. The van der Waals surface area contributed by atoms with E-state index in [1.54, 1.807) is 0 Å². The number of nitrogens with zero attached hydrogens (tertiary/aromatic N) is 4. The third-order valence-corrected chi connectivity index (χ3v) is 4.72. The Morgan fingerprint density at radius 1 is 1.30 bits per heavy atom. The lowest BCUT2D eigenvalue weighted by Crippen LogP contribution is -2.49. The van der Waals surface area contributed by atoms with Crippen LogP contribution in [0.1, 0.15) is 24.1 Å². The predicted octanol–water partition coefficient (Wildman–Crippen LogP) is 1.92. The van der Waals surface area contributed by atoms with E-state index in [1.807, 2.05) is 0 Å². The van der Waals surface area contributed by atoms with Crippen LogP contribution in [0.5, 0.6) is 0 Å². The van der Waals surface area contributed by atoms with Gasteiger partial charge in [0.15, 0.2) is 0 Å². The summed E-state index contributed by atoms with van der Waals surface area (Å²) < 4.78 is 2.13. The maximum absolute atomic E-state index is 4.76. The molecule has 2 aliphatic rings. The zero-order valence-corrected chi connectivity index (χ0v) is 12.1. The Kier molecular flexibility index (Phi) is 3.00. The monoisotopic (exact) mass is 270 g/mol. The molecule has 0 bridgehead atoms. The number of aromatic nitrogens is 2. The highest BCUT2D eigenvalue weighted by molar-refractivity contribution is 5.42. The Balaban J connectivity index is 1.49. The molecule has 0 aromatic carbocycles. The summed E-state index contributed by atoms with van der Waals surface area (Å²) in [6.45, 7) is 8.05. The van der Waals surface area contributed by atoms with E-state index in [2.05, 4.69) is 45.7 Å². The van der Waals surface area contributed by atoms with E-state index in [1.165, 1.54) is 50.3 Å². The van der Waals surface area contributed by atoms with Crippen LogP contribution in [0.3, 0.4) is 0 Å². The van der Waals surface area contributed by atoms with Crippen molar-refractivity contribution in [3.63, 3.8) is 0 Å². The third-order valence-electron chi connectivity index (χ3n) is 4.72. The Morgan fingerprint density at radius 3 is 3.20 bits per heavy atom. The molecule has 4 nitrogen and oxygen atoms in total. The van der Waals surface area contributed by atoms with E-state index >= 15 is 0 Å². The Morgan fingerprint density at radius 2 is 2.25 bits per heavy atom. The molecule has 4 heteroatoms. The van der Waals surface area contributed by atoms with Crippen molar-refractivity contribution < 1.29 is 0 Å². The minimum atomic E-state index is 0.794. The van der Waals surface area contributed by atoms with Crippen molar-refractivity contribution in [3.8, 4) is 0 Å². The molecule has 2 saturated heterocycles. The molecule has 4 heterocycles. The van der Waals surface area contributed by atoms with Gasteiger partial charge in [-0.3, -0.25) is 9.80 Å². The van der Waals surface area contributed by atoms with Crippen LogP contribution < -0.4 is 0 Å². The van der Waals surface area contributed by atoms with Gasteiger partial charge in [-0.15, -0.1) is 0 Å². The van der Waals surface area contributed by atoms with Crippen LogP contribution in [0.25, 0.3) is 5.65 Å². The van der Waals surface area contributed by atoms with Crippen molar-refractivity contribution >= 4 is 5.65 Å². The highest BCUT2D eigenvalue weighted by atomic mass is 15.3. The molecule has 0 radical (unpaired) electrons. The van der Waals surface area contributed by atoms with Gasteiger partial charge in [0.1, 0.15) is 5.65 Å². The highest BCUT2D eigenvalue weighted by Crippen LogP contribution is 2.22. The highest BCUT2D eigenvalue weighted by Gasteiger charge is 2.30. The summed E-state index contributed by atoms with van der Waals surface area (Å²) in [6.07, 6.45) is 7.04. The molecule has 2 aromatic heterocycles. The zero-order chi connectivity index (χ0) is 13.5. The molecule has 0 saturated carbocycles. The number of imidazole rings is 1. The van der Waals surface area contributed by atoms with Crippen LogP contribution in [0.4, 0.5) is 0 Å². The van der Waals surface area contributed by atoms with Crippen molar-refractivity contribution in [1.29, 1.82) is 0 Å². The minimum absolute atomic E-state index is 0.794. The fraction of sp³-hybridized carbons (Fsp3) is 0.562. The zero-order valence-electron chi connectivity index (χ0n) is 12.1. The van der Waals surface area contributed by atoms with Crippen LogP contribution in [0, 0.1) is 6.92 Å². The van der Waals surface area contributed by atoms with Gasteiger partial charge >= 0.3 is 0 Å². The van der Waals surface area contributed by atoms with Crippen LogP contribution >= 0.6 is 0 Å². The summed E-state index contributed by atoms with van der Waals surface area (Å²) >= 11 is 0. The minimum Gasteiger partial charge on any atom is -0.307 e. The first-order valence-corrected chi connectivity index (χ1v) is 7.68. The van der Waals surface area contributed by atoms with Gasteiger partial charge in [0.2, 0.25) is 0 Å². The first kappa shape index (κ1) is 12.4. The fourth-order valence-corrected chi connectivity index (χ4v) is 3.64. The number of aryl methyl sites for hydroxylation is 1. The lowest BCUT2D eigenvalue weighted by molar-refractivity contribution is 0.0986. The van der Waals surface area contributed by atoms with Crippen LogP contribution in [-0.4, -0.2) is 51.4 Å². The largest absolute Gasteiger partial charge is 0.307 e. The quantitative estimate of drug-likeness (QED) is 0.833. The average molecular weight is 270 g/mol. The van der Waals surface area contributed by atoms with Crippen molar-refractivity contribution in [2.75, 3.05) is 26.2 Å². The van der Waals surface area contributed by atoms with E-state index in [0.717, 1.165) is 18.2 Å². The van der Waals surface area contributed by atoms with Crippen LogP contribution in [0.15, 0.2) is 24.5 Å².